The number of carbonyl (C=O) groups is 1. The molecule has 0 fully saturated rings. The zero-order valence-corrected chi connectivity index (χ0v) is 13.9. The summed E-state index contributed by atoms with van der Waals surface area (Å²) in [5.74, 6) is -0.263. The molecule has 21 heavy (non-hydrogen) atoms. The first-order chi connectivity index (χ1) is 9.81. The highest BCUT2D eigenvalue weighted by atomic mass is 32.2. The number of hydrogen-bond donors (Lipinski definition) is 1. The van der Waals surface area contributed by atoms with Crippen LogP contribution < -0.4 is 9.62 Å². The van der Waals surface area contributed by atoms with Gasteiger partial charge in [-0.25, -0.2) is 8.42 Å². The van der Waals surface area contributed by atoms with E-state index in [-0.39, 0.29) is 11.9 Å². The Labute approximate surface area is 127 Å². The Bertz CT molecular complexity index is 558. The van der Waals surface area contributed by atoms with Crippen molar-refractivity contribution in [2.45, 2.75) is 45.7 Å². The van der Waals surface area contributed by atoms with Crippen molar-refractivity contribution in [3.63, 3.8) is 0 Å². The summed E-state index contributed by atoms with van der Waals surface area (Å²) in [5, 5.41) is 2.86. The number of hydrogen-bond acceptors (Lipinski definition) is 3. The van der Waals surface area contributed by atoms with E-state index in [4.69, 9.17) is 0 Å². The van der Waals surface area contributed by atoms with Gasteiger partial charge in [-0.05, 0) is 31.9 Å². The molecule has 0 bridgehead atoms. The van der Waals surface area contributed by atoms with E-state index >= 15 is 0 Å². The lowest BCUT2D eigenvalue weighted by atomic mass is 10.1. The number of rotatable bonds is 7. The number of carbonyl (C=O) groups excluding carboxylic acids is 1. The van der Waals surface area contributed by atoms with Crippen LogP contribution in [0.15, 0.2) is 30.3 Å². The van der Waals surface area contributed by atoms with Crippen molar-refractivity contribution in [3.8, 4) is 0 Å². The topological polar surface area (TPSA) is 66.5 Å². The molecule has 0 saturated heterocycles. The van der Waals surface area contributed by atoms with E-state index in [1.807, 2.05) is 26.8 Å². The molecule has 0 unspecified atom stereocenters. The number of anilines is 1. The predicted molar refractivity (Wildman–Crippen MR) is 85.7 cm³/mol. The summed E-state index contributed by atoms with van der Waals surface area (Å²) in [4.78, 5) is 12.4. The molecule has 0 saturated carbocycles. The zero-order valence-electron chi connectivity index (χ0n) is 13.0. The van der Waals surface area contributed by atoms with Crippen molar-refractivity contribution in [1.82, 2.24) is 5.32 Å². The Kier molecular flexibility index (Phi) is 6.20. The van der Waals surface area contributed by atoms with E-state index in [9.17, 15) is 13.2 Å². The van der Waals surface area contributed by atoms with Crippen molar-refractivity contribution in [2.24, 2.45) is 0 Å². The molecule has 2 atom stereocenters. The molecule has 0 heterocycles. The van der Waals surface area contributed by atoms with Crippen molar-refractivity contribution < 1.29 is 13.2 Å². The van der Waals surface area contributed by atoms with Crippen LogP contribution in [0, 0.1) is 0 Å². The van der Waals surface area contributed by atoms with Crippen LogP contribution in [-0.2, 0) is 14.8 Å². The van der Waals surface area contributed by atoms with Gasteiger partial charge in [-0.1, -0.05) is 32.0 Å². The van der Waals surface area contributed by atoms with E-state index < -0.39 is 16.1 Å². The highest BCUT2D eigenvalue weighted by molar-refractivity contribution is 7.92. The average Bonchev–Trinajstić information content (AvgIpc) is 2.43. The van der Waals surface area contributed by atoms with Gasteiger partial charge in [-0.2, -0.15) is 0 Å². The molecule has 118 valence electrons. The summed E-state index contributed by atoms with van der Waals surface area (Å²) in [6.07, 6.45) is 2.33. The van der Waals surface area contributed by atoms with Gasteiger partial charge < -0.3 is 5.32 Å². The summed E-state index contributed by atoms with van der Waals surface area (Å²) in [5.41, 5.74) is 0.506. The van der Waals surface area contributed by atoms with Crippen molar-refractivity contribution >= 4 is 21.6 Å². The lowest BCUT2D eigenvalue weighted by Gasteiger charge is -2.30. The van der Waals surface area contributed by atoms with E-state index in [0.29, 0.717) is 12.1 Å². The largest absolute Gasteiger partial charge is 0.352 e. The minimum absolute atomic E-state index is 0.0173. The predicted octanol–water partition coefficient (Wildman–Crippen LogP) is 2.15. The maximum atomic E-state index is 12.4. The molecule has 1 N–H and O–H groups in total. The normalized spacial score (nSPS) is 14.3. The lowest BCUT2D eigenvalue weighted by Crippen LogP contribution is -2.51. The Morgan fingerprint density at radius 3 is 2.19 bits per heavy atom. The van der Waals surface area contributed by atoms with Gasteiger partial charge in [0.15, 0.2) is 0 Å². The second kappa shape index (κ2) is 7.45. The van der Waals surface area contributed by atoms with Crippen LogP contribution in [-0.4, -0.2) is 32.7 Å². The molecule has 0 spiro atoms. The van der Waals surface area contributed by atoms with Crippen LogP contribution in [0.1, 0.15) is 33.6 Å². The van der Waals surface area contributed by atoms with Gasteiger partial charge in [-0.3, -0.25) is 9.10 Å². The Balaban J connectivity index is 3.15. The summed E-state index contributed by atoms with van der Waals surface area (Å²) >= 11 is 0. The highest BCUT2D eigenvalue weighted by Crippen LogP contribution is 2.22. The van der Waals surface area contributed by atoms with Crippen molar-refractivity contribution in [1.29, 1.82) is 0 Å². The molecule has 1 aromatic rings. The first kappa shape index (κ1) is 17.5. The van der Waals surface area contributed by atoms with E-state index in [0.717, 1.165) is 12.7 Å². The van der Waals surface area contributed by atoms with Crippen LogP contribution in [0.4, 0.5) is 5.69 Å². The number of benzene rings is 1. The molecule has 1 aromatic carbocycles. The van der Waals surface area contributed by atoms with Gasteiger partial charge in [0.1, 0.15) is 6.04 Å². The van der Waals surface area contributed by atoms with Gasteiger partial charge in [0, 0.05) is 6.04 Å². The second-order valence-electron chi connectivity index (χ2n) is 5.14. The first-order valence-corrected chi connectivity index (χ1v) is 9.00. The molecule has 0 aliphatic carbocycles. The highest BCUT2D eigenvalue weighted by Gasteiger charge is 2.31. The third-order valence-corrected chi connectivity index (χ3v) is 4.52. The molecular formula is C15H24N2O3S. The summed E-state index contributed by atoms with van der Waals surface area (Å²) in [6, 6.07) is 7.99. The van der Waals surface area contributed by atoms with Crippen molar-refractivity contribution in [3.05, 3.63) is 30.3 Å². The SMILES string of the molecule is CC[C@@H](C)NC(=O)[C@@H](CC)N(c1ccccc1)S(C)(=O)=O. The zero-order chi connectivity index (χ0) is 16.0. The van der Waals surface area contributed by atoms with Crippen molar-refractivity contribution in [2.75, 3.05) is 10.6 Å². The number of nitrogens with one attached hydrogen (secondary N) is 1. The quantitative estimate of drug-likeness (QED) is 0.839. The molecule has 0 aromatic heterocycles. The van der Waals surface area contributed by atoms with Crippen LogP contribution in [0.3, 0.4) is 0 Å². The molecule has 5 nitrogen and oxygen atoms in total. The van der Waals surface area contributed by atoms with Gasteiger partial charge in [0.2, 0.25) is 15.9 Å². The molecule has 0 aliphatic heterocycles. The van der Waals surface area contributed by atoms with Crippen LogP contribution in [0.25, 0.3) is 0 Å². The molecular weight excluding hydrogens is 288 g/mol. The summed E-state index contributed by atoms with van der Waals surface area (Å²) in [6.45, 7) is 5.68. The smallest absolute Gasteiger partial charge is 0.244 e. The van der Waals surface area contributed by atoms with Crippen LogP contribution >= 0.6 is 0 Å². The third-order valence-electron chi connectivity index (χ3n) is 3.34. The first-order valence-electron chi connectivity index (χ1n) is 7.16. The van der Waals surface area contributed by atoms with E-state index in [1.165, 1.54) is 4.31 Å². The average molecular weight is 312 g/mol. The second-order valence-corrected chi connectivity index (χ2v) is 7.00. The molecule has 1 rings (SSSR count). The molecule has 0 aliphatic rings. The summed E-state index contributed by atoms with van der Waals surface area (Å²) in [7, 11) is -3.54. The van der Waals surface area contributed by atoms with Gasteiger partial charge in [0.05, 0.1) is 11.9 Å². The monoisotopic (exact) mass is 312 g/mol. The maximum Gasteiger partial charge on any atom is 0.244 e. The number of nitrogens with zero attached hydrogens (tertiary/aromatic N) is 1. The Morgan fingerprint density at radius 2 is 1.76 bits per heavy atom. The lowest BCUT2D eigenvalue weighted by molar-refractivity contribution is -0.122. The van der Waals surface area contributed by atoms with Gasteiger partial charge in [-0.15, -0.1) is 0 Å². The number of para-hydroxylation sites is 1. The summed E-state index contributed by atoms with van der Waals surface area (Å²) < 4.78 is 25.5. The third kappa shape index (κ3) is 4.74. The van der Waals surface area contributed by atoms with Crippen LogP contribution in [0.5, 0.6) is 0 Å². The Hall–Kier alpha value is -1.56. The number of amides is 1. The number of sulfonamides is 1. The standard InChI is InChI=1S/C15H24N2O3S/c1-5-12(3)16-15(18)14(6-2)17(21(4,19)20)13-10-8-7-9-11-13/h7-12,14H,5-6H2,1-4H3,(H,16,18)/t12-,14-/m1/s1. The fourth-order valence-electron chi connectivity index (χ4n) is 2.08. The fraction of sp³-hybridized carbons (Fsp3) is 0.533. The molecule has 1 amide bonds. The van der Waals surface area contributed by atoms with E-state index in [1.54, 1.807) is 24.3 Å². The minimum Gasteiger partial charge on any atom is -0.352 e. The van der Waals surface area contributed by atoms with Crippen LogP contribution in [0.2, 0.25) is 0 Å². The fourth-order valence-corrected chi connectivity index (χ4v) is 3.29. The van der Waals surface area contributed by atoms with Gasteiger partial charge in [0.25, 0.3) is 0 Å². The molecule has 0 radical (unpaired) electrons. The molecule has 6 heteroatoms. The Morgan fingerprint density at radius 1 is 1.19 bits per heavy atom. The van der Waals surface area contributed by atoms with E-state index in [2.05, 4.69) is 5.32 Å². The minimum atomic E-state index is -3.54. The van der Waals surface area contributed by atoms with Gasteiger partial charge >= 0.3 is 0 Å². The maximum absolute atomic E-state index is 12.4.